The molecule has 2 aromatic rings. The molecule has 0 bridgehead atoms. The average molecular weight is 266 g/mol. The Labute approximate surface area is 105 Å². The number of nitrogens with one attached hydrogen (secondary N) is 1. The SMILES string of the molecule is O=C(Nc1ccc(F)cc1C(=O)O)c1cscn1. The maximum Gasteiger partial charge on any atom is 0.337 e. The second-order valence-electron chi connectivity index (χ2n) is 3.32. The highest BCUT2D eigenvalue weighted by Crippen LogP contribution is 2.18. The number of thiazole rings is 1. The van der Waals surface area contributed by atoms with Crippen molar-refractivity contribution in [2.45, 2.75) is 0 Å². The number of rotatable bonds is 3. The van der Waals surface area contributed by atoms with Crippen molar-refractivity contribution >= 4 is 28.9 Å². The number of nitrogens with zero attached hydrogens (tertiary/aromatic N) is 1. The molecule has 0 saturated carbocycles. The van der Waals surface area contributed by atoms with Crippen LogP contribution in [0.4, 0.5) is 10.1 Å². The molecule has 7 heteroatoms. The Morgan fingerprint density at radius 3 is 2.78 bits per heavy atom. The van der Waals surface area contributed by atoms with E-state index in [0.29, 0.717) is 0 Å². The molecule has 0 fully saturated rings. The van der Waals surface area contributed by atoms with Crippen molar-refractivity contribution < 1.29 is 19.1 Å². The maximum atomic E-state index is 12.9. The summed E-state index contributed by atoms with van der Waals surface area (Å²) in [7, 11) is 0. The van der Waals surface area contributed by atoms with Crippen molar-refractivity contribution in [2.75, 3.05) is 5.32 Å². The topological polar surface area (TPSA) is 79.3 Å². The maximum absolute atomic E-state index is 12.9. The average Bonchev–Trinajstić information content (AvgIpc) is 2.84. The normalized spacial score (nSPS) is 10.1. The lowest BCUT2D eigenvalue weighted by molar-refractivity contribution is 0.0697. The van der Waals surface area contributed by atoms with Gasteiger partial charge in [0.05, 0.1) is 16.8 Å². The molecule has 1 aromatic heterocycles. The fourth-order valence-corrected chi connectivity index (χ4v) is 1.85. The van der Waals surface area contributed by atoms with Crippen LogP contribution < -0.4 is 5.32 Å². The third-order valence-corrected chi connectivity index (χ3v) is 2.71. The summed E-state index contributed by atoms with van der Waals surface area (Å²) in [6, 6.07) is 3.12. The first-order valence-electron chi connectivity index (χ1n) is 4.80. The summed E-state index contributed by atoms with van der Waals surface area (Å²) in [4.78, 5) is 26.4. The Morgan fingerprint density at radius 1 is 1.39 bits per heavy atom. The van der Waals surface area contributed by atoms with Crippen LogP contribution in [0.25, 0.3) is 0 Å². The van der Waals surface area contributed by atoms with Crippen LogP contribution in [0.5, 0.6) is 0 Å². The number of aromatic carboxylic acids is 1. The van der Waals surface area contributed by atoms with Crippen LogP contribution in [0.2, 0.25) is 0 Å². The van der Waals surface area contributed by atoms with Crippen molar-refractivity contribution in [3.8, 4) is 0 Å². The van der Waals surface area contributed by atoms with Gasteiger partial charge in [0.15, 0.2) is 0 Å². The molecule has 0 saturated heterocycles. The molecule has 92 valence electrons. The molecule has 0 aliphatic carbocycles. The van der Waals surface area contributed by atoms with Crippen LogP contribution in [-0.4, -0.2) is 22.0 Å². The molecule has 2 rings (SSSR count). The summed E-state index contributed by atoms with van der Waals surface area (Å²) >= 11 is 1.24. The lowest BCUT2D eigenvalue weighted by atomic mass is 10.1. The van der Waals surface area contributed by atoms with Crippen LogP contribution in [0, 0.1) is 5.82 Å². The van der Waals surface area contributed by atoms with E-state index in [1.165, 1.54) is 28.3 Å². The predicted molar refractivity (Wildman–Crippen MR) is 63.4 cm³/mol. The molecule has 0 radical (unpaired) electrons. The highest BCUT2D eigenvalue weighted by Gasteiger charge is 2.15. The van der Waals surface area contributed by atoms with Gasteiger partial charge in [0.25, 0.3) is 5.91 Å². The largest absolute Gasteiger partial charge is 0.478 e. The first kappa shape index (κ1) is 12.2. The van der Waals surface area contributed by atoms with Gasteiger partial charge in [-0.25, -0.2) is 14.2 Å². The third-order valence-electron chi connectivity index (χ3n) is 2.13. The molecule has 1 aromatic carbocycles. The van der Waals surface area contributed by atoms with Gasteiger partial charge in [-0.2, -0.15) is 0 Å². The number of anilines is 1. The van der Waals surface area contributed by atoms with Crippen molar-refractivity contribution in [3.63, 3.8) is 0 Å². The molecular weight excluding hydrogens is 259 g/mol. The first-order valence-corrected chi connectivity index (χ1v) is 5.74. The van der Waals surface area contributed by atoms with Gasteiger partial charge in [-0.05, 0) is 18.2 Å². The van der Waals surface area contributed by atoms with Crippen molar-refractivity contribution in [1.82, 2.24) is 4.98 Å². The minimum absolute atomic E-state index is 0.0295. The Kier molecular flexibility index (Phi) is 3.33. The summed E-state index contributed by atoms with van der Waals surface area (Å²) < 4.78 is 12.9. The van der Waals surface area contributed by atoms with Crippen molar-refractivity contribution in [1.29, 1.82) is 0 Å². The number of amides is 1. The molecule has 1 heterocycles. The second-order valence-corrected chi connectivity index (χ2v) is 4.04. The summed E-state index contributed by atoms with van der Waals surface area (Å²) in [6.07, 6.45) is 0. The van der Waals surface area contributed by atoms with Crippen LogP contribution in [0.1, 0.15) is 20.8 Å². The Morgan fingerprint density at radius 2 is 2.17 bits per heavy atom. The summed E-state index contributed by atoms with van der Waals surface area (Å²) in [5.41, 5.74) is 1.39. The monoisotopic (exact) mass is 266 g/mol. The highest BCUT2D eigenvalue weighted by atomic mass is 32.1. The van der Waals surface area contributed by atoms with E-state index in [1.54, 1.807) is 0 Å². The van der Waals surface area contributed by atoms with Crippen LogP contribution in [-0.2, 0) is 0 Å². The molecule has 0 atom stereocenters. The van der Waals surface area contributed by atoms with Gasteiger partial charge >= 0.3 is 5.97 Å². The Hall–Kier alpha value is -2.28. The molecule has 5 nitrogen and oxygen atoms in total. The number of carboxylic acid groups (broad SMARTS) is 1. The number of halogens is 1. The molecule has 0 aliphatic rings. The van der Waals surface area contributed by atoms with E-state index in [2.05, 4.69) is 10.3 Å². The van der Waals surface area contributed by atoms with Gasteiger partial charge in [0.2, 0.25) is 0 Å². The van der Waals surface area contributed by atoms with E-state index in [-0.39, 0.29) is 16.9 Å². The zero-order chi connectivity index (χ0) is 13.1. The van der Waals surface area contributed by atoms with Gasteiger partial charge < -0.3 is 10.4 Å². The molecule has 2 N–H and O–H groups in total. The zero-order valence-corrected chi connectivity index (χ0v) is 9.70. The number of aromatic nitrogens is 1. The molecule has 0 aliphatic heterocycles. The van der Waals surface area contributed by atoms with E-state index < -0.39 is 17.7 Å². The van der Waals surface area contributed by atoms with Gasteiger partial charge in [0.1, 0.15) is 11.5 Å². The third kappa shape index (κ3) is 2.51. The van der Waals surface area contributed by atoms with Gasteiger partial charge in [0, 0.05) is 5.38 Å². The zero-order valence-electron chi connectivity index (χ0n) is 8.88. The lowest BCUT2D eigenvalue weighted by Gasteiger charge is -2.07. The molecule has 1 amide bonds. The van der Waals surface area contributed by atoms with Crippen molar-refractivity contribution in [2.24, 2.45) is 0 Å². The van der Waals surface area contributed by atoms with Gasteiger partial charge in [-0.3, -0.25) is 4.79 Å². The Balaban J connectivity index is 2.29. The van der Waals surface area contributed by atoms with E-state index >= 15 is 0 Å². The molecule has 18 heavy (non-hydrogen) atoms. The minimum Gasteiger partial charge on any atom is -0.478 e. The number of hydrogen-bond acceptors (Lipinski definition) is 4. The molecule has 0 unspecified atom stereocenters. The van der Waals surface area contributed by atoms with E-state index in [9.17, 15) is 14.0 Å². The van der Waals surface area contributed by atoms with E-state index in [4.69, 9.17) is 5.11 Å². The van der Waals surface area contributed by atoms with Crippen molar-refractivity contribution in [3.05, 3.63) is 46.2 Å². The first-order chi connectivity index (χ1) is 8.58. The van der Waals surface area contributed by atoms with Crippen LogP contribution >= 0.6 is 11.3 Å². The molecule has 0 spiro atoms. The quantitative estimate of drug-likeness (QED) is 0.892. The number of carbonyl (C=O) groups is 2. The smallest absolute Gasteiger partial charge is 0.337 e. The summed E-state index contributed by atoms with van der Waals surface area (Å²) in [6.45, 7) is 0. The fraction of sp³-hybridized carbons (Fsp3) is 0. The lowest BCUT2D eigenvalue weighted by Crippen LogP contribution is -2.15. The minimum atomic E-state index is -1.32. The highest BCUT2D eigenvalue weighted by molar-refractivity contribution is 7.07. The predicted octanol–water partition coefficient (Wildman–Crippen LogP) is 2.23. The molecular formula is C11H7FN2O3S. The summed E-state index contributed by atoms with van der Waals surface area (Å²) in [5, 5.41) is 12.8. The van der Waals surface area contributed by atoms with E-state index in [0.717, 1.165) is 12.1 Å². The number of hydrogen-bond donors (Lipinski definition) is 2. The van der Waals surface area contributed by atoms with E-state index in [1.807, 2.05) is 0 Å². The van der Waals surface area contributed by atoms with Gasteiger partial charge in [-0.1, -0.05) is 0 Å². The van der Waals surface area contributed by atoms with Crippen LogP contribution in [0.3, 0.4) is 0 Å². The standard InChI is InChI=1S/C11H7FN2O3S/c12-6-1-2-8(7(3-6)11(16)17)14-10(15)9-4-18-5-13-9/h1-5H,(H,14,15)(H,16,17). The number of carbonyl (C=O) groups excluding carboxylic acids is 1. The summed E-state index contributed by atoms with van der Waals surface area (Å²) in [5.74, 6) is -2.53. The number of benzene rings is 1. The Bertz CT molecular complexity index is 598. The fourth-order valence-electron chi connectivity index (χ4n) is 1.31. The van der Waals surface area contributed by atoms with Gasteiger partial charge in [-0.15, -0.1) is 11.3 Å². The number of carboxylic acids is 1. The second kappa shape index (κ2) is 4.92. The van der Waals surface area contributed by atoms with Crippen LogP contribution in [0.15, 0.2) is 29.1 Å².